The van der Waals surface area contributed by atoms with Crippen LogP contribution in [0.1, 0.15) is 25.3 Å². The summed E-state index contributed by atoms with van der Waals surface area (Å²) in [5, 5.41) is 0. The van der Waals surface area contributed by atoms with Crippen molar-refractivity contribution in [1.29, 1.82) is 0 Å². The summed E-state index contributed by atoms with van der Waals surface area (Å²) >= 11 is 0. The average molecular weight is 294 g/mol. The average Bonchev–Trinajstić information content (AvgIpc) is 3.27. The molecule has 0 saturated heterocycles. The summed E-state index contributed by atoms with van der Waals surface area (Å²) in [5.74, 6) is 0.603. The highest BCUT2D eigenvalue weighted by atomic mass is 19.1. The van der Waals surface area contributed by atoms with Crippen LogP contribution in [0.4, 0.5) is 4.39 Å². The van der Waals surface area contributed by atoms with Crippen molar-refractivity contribution in [3.63, 3.8) is 0 Å². The number of hydrogen-bond acceptors (Lipinski definition) is 3. The molecule has 4 heteroatoms. The van der Waals surface area contributed by atoms with Gasteiger partial charge in [-0.1, -0.05) is 12.1 Å². The molecule has 1 aliphatic carbocycles. The Labute approximate surface area is 127 Å². The molecule has 21 heavy (non-hydrogen) atoms. The Hall–Kier alpha value is -0.970. The van der Waals surface area contributed by atoms with Gasteiger partial charge in [0.05, 0.1) is 6.61 Å². The number of benzene rings is 1. The third kappa shape index (κ3) is 5.06. The van der Waals surface area contributed by atoms with Crippen LogP contribution in [0.25, 0.3) is 0 Å². The summed E-state index contributed by atoms with van der Waals surface area (Å²) in [7, 11) is 2.06. The largest absolute Gasteiger partial charge is 0.380 e. The van der Waals surface area contributed by atoms with Crippen LogP contribution in [-0.2, 0) is 11.2 Å². The van der Waals surface area contributed by atoms with Crippen LogP contribution in [0.3, 0.4) is 0 Å². The molecule has 1 unspecified atom stereocenters. The first kappa shape index (κ1) is 16.4. The maximum Gasteiger partial charge on any atom is 0.123 e. The minimum Gasteiger partial charge on any atom is -0.380 e. The van der Waals surface area contributed by atoms with Gasteiger partial charge in [-0.15, -0.1) is 0 Å². The number of ether oxygens (including phenoxy) is 1. The fourth-order valence-corrected chi connectivity index (χ4v) is 2.46. The van der Waals surface area contributed by atoms with E-state index < -0.39 is 0 Å². The Bertz CT molecular complexity index is 450. The summed E-state index contributed by atoms with van der Waals surface area (Å²) in [6, 6.07) is 6.76. The lowest BCUT2D eigenvalue weighted by Gasteiger charge is -2.38. The third-order valence-corrected chi connectivity index (χ3v) is 4.46. The van der Waals surface area contributed by atoms with Crippen molar-refractivity contribution in [3.05, 3.63) is 35.6 Å². The summed E-state index contributed by atoms with van der Waals surface area (Å²) in [6.07, 6.45) is 3.37. The molecule has 3 nitrogen and oxygen atoms in total. The van der Waals surface area contributed by atoms with Crippen molar-refractivity contribution in [2.24, 2.45) is 11.7 Å². The quantitative estimate of drug-likeness (QED) is 0.711. The lowest BCUT2D eigenvalue weighted by molar-refractivity contribution is 0.0659. The number of halogens is 1. The summed E-state index contributed by atoms with van der Waals surface area (Å²) in [6.45, 7) is 5.11. The van der Waals surface area contributed by atoms with Crippen molar-refractivity contribution >= 4 is 0 Å². The number of nitrogens with two attached hydrogens (primary N) is 1. The lowest BCUT2D eigenvalue weighted by Crippen LogP contribution is -2.52. The Balaban J connectivity index is 1.85. The molecule has 1 aromatic rings. The Kier molecular flexibility index (Phi) is 5.73. The van der Waals surface area contributed by atoms with Crippen LogP contribution < -0.4 is 5.73 Å². The van der Waals surface area contributed by atoms with E-state index in [0.717, 1.165) is 37.7 Å². The molecule has 1 aromatic carbocycles. The Morgan fingerprint density at radius 2 is 2.19 bits per heavy atom. The van der Waals surface area contributed by atoms with Crippen LogP contribution in [0, 0.1) is 11.7 Å². The number of hydrogen-bond donors (Lipinski definition) is 1. The Morgan fingerprint density at radius 3 is 2.81 bits per heavy atom. The van der Waals surface area contributed by atoms with Crippen molar-refractivity contribution in [2.75, 3.05) is 33.4 Å². The van der Waals surface area contributed by atoms with E-state index in [1.807, 2.05) is 6.07 Å². The van der Waals surface area contributed by atoms with Gasteiger partial charge in [-0.05, 0) is 56.8 Å². The van der Waals surface area contributed by atoms with E-state index in [2.05, 4.69) is 18.9 Å². The van der Waals surface area contributed by atoms with E-state index in [1.165, 1.54) is 18.9 Å². The molecular weight excluding hydrogens is 267 g/mol. The van der Waals surface area contributed by atoms with Crippen LogP contribution in [0.5, 0.6) is 0 Å². The second-order valence-corrected chi connectivity index (χ2v) is 6.45. The molecular formula is C17H27FN2O. The molecule has 2 rings (SSSR count). The molecule has 0 radical (unpaired) electrons. The highest BCUT2D eigenvalue weighted by molar-refractivity contribution is 5.19. The van der Waals surface area contributed by atoms with Crippen LogP contribution in [0.2, 0.25) is 0 Å². The van der Waals surface area contributed by atoms with Gasteiger partial charge in [0.2, 0.25) is 0 Å². The van der Waals surface area contributed by atoms with E-state index in [1.54, 1.807) is 12.1 Å². The van der Waals surface area contributed by atoms with Gasteiger partial charge in [0.1, 0.15) is 5.82 Å². The van der Waals surface area contributed by atoms with Gasteiger partial charge in [-0.2, -0.15) is 0 Å². The fourth-order valence-electron chi connectivity index (χ4n) is 2.46. The molecule has 2 N–H and O–H groups in total. The lowest BCUT2D eigenvalue weighted by atomic mass is 9.91. The van der Waals surface area contributed by atoms with Gasteiger partial charge in [-0.3, -0.25) is 4.90 Å². The third-order valence-electron chi connectivity index (χ3n) is 4.46. The van der Waals surface area contributed by atoms with Gasteiger partial charge in [0.15, 0.2) is 0 Å². The van der Waals surface area contributed by atoms with Crippen LogP contribution >= 0.6 is 0 Å². The van der Waals surface area contributed by atoms with Crippen molar-refractivity contribution in [1.82, 2.24) is 4.90 Å². The zero-order valence-electron chi connectivity index (χ0n) is 13.1. The number of nitrogens with zero attached hydrogens (tertiary/aromatic N) is 1. The summed E-state index contributed by atoms with van der Waals surface area (Å²) in [5.41, 5.74) is 6.78. The maximum absolute atomic E-state index is 13.3. The van der Waals surface area contributed by atoms with Crippen molar-refractivity contribution in [2.45, 2.75) is 31.7 Å². The first-order valence-corrected chi connectivity index (χ1v) is 7.77. The van der Waals surface area contributed by atoms with E-state index in [-0.39, 0.29) is 11.4 Å². The zero-order valence-corrected chi connectivity index (χ0v) is 13.1. The standard InChI is InChI=1S/C17H27FN2O/c1-17(13-19,11-15-4-3-5-16(18)10-15)20(2)8-9-21-12-14-6-7-14/h3-5,10,14H,6-9,11-13,19H2,1-2H3. The topological polar surface area (TPSA) is 38.5 Å². The minimum absolute atomic E-state index is 0.184. The van der Waals surface area contributed by atoms with Gasteiger partial charge < -0.3 is 10.5 Å². The van der Waals surface area contributed by atoms with E-state index >= 15 is 0 Å². The highest BCUT2D eigenvalue weighted by Gasteiger charge is 2.28. The molecule has 0 heterocycles. The number of likely N-dealkylation sites (N-methyl/N-ethyl adjacent to an activating group) is 1. The molecule has 1 fully saturated rings. The molecule has 1 saturated carbocycles. The highest BCUT2D eigenvalue weighted by Crippen LogP contribution is 2.28. The smallest absolute Gasteiger partial charge is 0.123 e. The number of rotatable bonds is 9. The first-order valence-electron chi connectivity index (χ1n) is 7.77. The predicted octanol–water partition coefficient (Wildman–Crippen LogP) is 2.44. The molecule has 1 atom stereocenters. The molecule has 0 spiro atoms. The molecule has 0 bridgehead atoms. The first-order chi connectivity index (χ1) is 10.0. The SMILES string of the molecule is CN(CCOCC1CC1)C(C)(CN)Cc1cccc(F)c1. The van der Waals surface area contributed by atoms with Crippen LogP contribution in [0.15, 0.2) is 24.3 Å². The summed E-state index contributed by atoms with van der Waals surface area (Å²) < 4.78 is 19.0. The molecule has 118 valence electrons. The Morgan fingerprint density at radius 1 is 1.43 bits per heavy atom. The second kappa shape index (κ2) is 7.34. The van der Waals surface area contributed by atoms with E-state index in [0.29, 0.717) is 6.54 Å². The van der Waals surface area contributed by atoms with Crippen LogP contribution in [-0.4, -0.2) is 43.8 Å². The van der Waals surface area contributed by atoms with Crippen molar-refractivity contribution < 1.29 is 9.13 Å². The minimum atomic E-state index is -0.192. The van der Waals surface area contributed by atoms with Gasteiger partial charge in [-0.25, -0.2) is 4.39 Å². The predicted molar refractivity (Wildman–Crippen MR) is 83.7 cm³/mol. The van der Waals surface area contributed by atoms with Gasteiger partial charge in [0.25, 0.3) is 0 Å². The fraction of sp³-hybridized carbons (Fsp3) is 0.647. The normalized spacial score (nSPS) is 18.0. The van der Waals surface area contributed by atoms with E-state index in [9.17, 15) is 4.39 Å². The maximum atomic E-state index is 13.3. The van der Waals surface area contributed by atoms with Gasteiger partial charge >= 0.3 is 0 Å². The molecule has 0 aromatic heterocycles. The molecule has 0 aliphatic heterocycles. The summed E-state index contributed by atoms with van der Waals surface area (Å²) in [4.78, 5) is 2.23. The van der Waals surface area contributed by atoms with Crippen molar-refractivity contribution in [3.8, 4) is 0 Å². The molecule has 1 aliphatic rings. The molecule has 0 amide bonds. The second-order valence-electron chi connectivity index (χ2n) is 6.45. The zero-order chi connectivity index (χ0) is 15.3. The monoisotopic (exact) mass is 294 g/mol. The van der Waals surface area contributed by atoms with E-state index in [4.69, 9.17) is 10.5 Å². The van der Waals surface area contributed by atoms with Gasteiger partial charge in [0, 0.05) is 25.2 Å².